The highest BCUT2D eigenvalue weighted by atomic mass is 32.2. The largest absolute Gasteiger partial charge is 0.316 e. The Labute approximate surface area is 111 Å². The van der Waals surface area contributed by atoms with Crippen molar-refractivity contribution in [3.63, 3.8) is 0 Å². The van der Waals surface area contributed by atoms with Crippen molar-refractivity contribution in [2.45, 2.75) is 23.3 Å². The fraction of sp³-hybridized carbons (Fsp3) is 0.200. The maximum atomic E-state index is 13.6. The Morgan fingerprint density at radius 1 is 1.11 bits per heavy atom. The highest BCUT2D eigenvalue weighted by Crippen LogP contribution is 2.32. The van der Waals surface area contributed by atoms with Crippen LogP contribution in [0.4, 0.5) is 4.39 Å². The molecule has 0 spiro atoms. The molecule has 2 aromatic rings. The van der Waals surface area contributed by atoms with E-state index >= 15 is 0 Å². The van der Waals surface area contributed by atoms with Crippen molar-refractivity contribution in [3.8, 4) is 0 Å². The van der Waals surface area contributed by atoms with Gasteiger partial charge in [0, 0.05) is 16.3 Å². The summed E-state index contributed by atoms with van der Waals surface area (Å²) in [5.74, 6) is -0.168. The summed E-state index contributed by atoms with van der Waals surface area (Å²) in [5.41, 5.74) is 2.42. The van der Waals surface area contributed by atoms with E-state index in [9.17, 15) is 4.39 Å². The van der Waals surface area contributed by atoms with E-state index < -0.39 is 0 Å². The van der Waals surface area contributed by atoms with E-state index in [0.717, 1.165) is 11.4 Å². The van der Waals surface area contributed by atoms with Crippen LogP contribution in [0.2, 0.25) is 0 Å². The van der Waals surface area contributed by atoms with Crippen molar-refractivity contribution >= 4 is 11.8 Å². The van der Waals surface area contributed by atoms with Gasteiger partial charge in [0.05, 0.1) is 0 Å². The highest BCUT2D eigenvalue weighted by Gasteiger charge is 2.07. The second kappa shape index (κ2) is 6.03. The zero-order valence-electron chi connectivity index (χ0n) is 10.5. The molecule has 0 aliphatic rings. The fourth-order valence-corrected chi connectivity index (χ4v) is 2.73. The molecule has 2 aromatic carbocycles. The zero-order valence-corrected chi connectivity index (χ0v) is 11.4. The minimum absolute atomic E-state index is 0.168. The number of aryl methyl sites for hydroxylation is 1. The average Bonchev–Trinajstić information content (AvgIpc) is 2.35. The lowest BCUT2D eigenvalue weighted by Gasteiger charge is -2.10. The molecule has 0 saturated heterocycles. The van der Waals surface area contributed by atoms with Crippen LogP contribution in [0, 0.1) is 12.7 Å². The summed E-state index contributed by atoms with van der Waals surface area (Å²) in [7, 11) is 1.92. The summed E-state index contributed by atoms with van der Waals surface area (Å²) < 4.78 is 13.6. The van der Waals surface area contributed by atoms with Gasteiger partial charge in [-0.1, -0.05) is 41.6 Å². The molecule has 0 aromatic heterocycles. The topological polar surface area (TPSA) is 12.0 Å². The molecule has 0 radical (unpaired) electrons. The van der Waals surface area contributed by atoms with Crippen molar-refractivity contribution in [2.24, 2.45) is 0 Å². The molecule has 0 fully saturated rings. The van der Waals surface area contributed by atoms with Gasteiger partial charge in [-0.05, 0) is 37.7 Å². The van der Waals surface area contributed by atoms with Crippen molar-refractivity contribution in [1.29, 1.82) is 0 Å². The second-order valence-electron chi connectivity index (χ2n) is 4.17. The smallest absolute Gasteiger partial charge is 0.137 e. The lowest BCUT2D eigenvalue weighted by Crippen LogP contribution is -2.06. The first-order valence-electron chi connectivity index (χ1n) is 5.87. The van der Waals surface area contributed by atoms with Gasteiger partial charge in [0.1, 0.15) is 5.82 Å². The van der Waals surface area contributed by atoms with Gasteiger partial charge in [0.15, 0.2) is 0 Å². The number of benzene rings is 2. The standard InChI is InChI=1S/C15H16FNS/c1-11-7-8-14(12(9-11)10-17-2)18-15-6-4-3-5-13(15)16/h3-9,17H,10H2,1-2H3. The first-order valence-corrected chi connectivity index (χ1v) is 6.69. The van der Waals surface area contributed by atoms with Crippen LogP contribution in [0.25, 0.3) is 0 Å². The molecule has 0 atom stereocenters. The Kier molecular flexibility index (Phi) is 4.39. The van der Waals surface area contributed by atoms with Crippen LogP contribution >= 0.6 is 11.8 Å². The predicted molar refractivity (Wildman–Crippen MR) is 74.5 cm³/mol. The number of halogens is 1. The maximum Gasteiger partial charge on any atom is 0.137 e. The minimum Gasteiger partial charge on any atom is -0.316 e. The van der Waals surface area contributed by atoms with E-state index in [0.29, 0.717) is 4.90 Å². The third-order valence-corrected chi connectivity index (χ3v) is 3.81. The van der Waals surface area contributed by atoms with E-state index in [1.165, 1.54) is 29.0 Å². The molecule has 3 heteroatoms. The summed E-state index contributed by atoms with van der Waals surface area (Å²) in [4.78, 5) is 1.76. The molecule has 1 nitrogen and oxygen atoms in total. The van der Waals surface area contributed by atoms with E-state index in [1.807, 2.05) is 19.2 Å². The molecule has 0 unspecified atom stereocenters. The summed E-state index contributed by atoms with van der Waals surface area (Å²) in [5, 5.41) is 3.14. The summed E-state index contributed by atoms with van der Waals surface area (Å²) in [6.07, 6.45) is 0. The zero-order chi connectivity index (χ0) is 13.0. The monoisotopic (exact) mass is 261 g/mol. The van der Waals surface area contributed by atoms with Gasteiger partial charge >= 0.3 is 0 Å². The van der Waals surface area contributed by atoms with Crippen LogP contribution in [0.3, 0.4) is 0 Å². The maximum absolute atomic E-state index is 13.6. The molecule has 0 bridgehead atoms. The van der Waals surface area contributed by atoms with Gasteiger partial charge in [-0.2, -0.15) is 0 Å². The molecule has 94 valence electrons. The molecular formula is C15H16FNS. The third-order valence-electron chi connectivity index (χ3n) is 2.64. The summed E-state index contributed by atoms with van der Waals surface area (Å²) >= 11 is 1.47. The molecular weight excluding hydrogens is 245 g/mol. The summed E-state index contributed by atoms with van der Waals surface area (Å²) in [6.45, 7) is 2.86. The van der Waals surface area contributed by atoms with Gasteiger partial charge in [0.2, 0.25) is 0 Å². The SMILES string of the molecule is CNCc1cc(C)ccc1Sc1ccccc1F. The molecule has 1 N–H and O–H groups in total. The van der Waals surface area contributed by atoms with Gasteiger partial charge in [-0.3, -0.25) is 0 Å². The van der Waals surface area contributed by atoms with Crippen molar-refractivity contribution in [2.75, 3.05) is 7.05 Å². The van der Waals surface area contributed by atoms with Crippen molar-refractivity contribution < 1.29 is 4.39 Å². The second-order valence-corrected chi connectivity index (χ2v) is 5.26. The third kappa shape index (κ3) is 3.12. The Balaban J connectivity index is 2.31. The van der Waals surface area contributed by atoms with Crippen LogP contribution in [0.15, 0.2) is 52.3 Å². The lowest BCUT2D eigenvalue weighted by atomic mass is 10.1. The molecule has 0 aliphatic carbocycles. The minimum atomic E-state index is -0.168. The Morgan fingerprint density at radius 3 is 2.61 bits per heavy atom. The van der Waals surface area contributed by atoms with Crippen LogP contribution in [-0.2, 0) is 6.54 Å². The quantitative estimate of drug-likeness (QED) is 0.892. The van der Waals surface area contributed by atoms with Gasteiger partial charge in [-0.15, -0.1) is 0 Å². The predicted octanol–water partition coefficient (Wildman–Crippen LogP) is 4.00. The molecule has 18 heavy (non-hydrogen) atoms. The lowest BCUT2D eigenvalue weighted by molar-refractivity contribution is 0.602. The van der Waals surface area contributed by atoms with Gasteiger partial charge in [0.25, 0.3) is 0 Å². The summed E-state index contributed by atoms with van der Waals surface area (Å²) in [6, 6.07) is 13.1. The Hall–Kier alpha value is -1.32. The van der Waals surface area contributed by atoms with Crippen molar-refractivity contribution in [3.05, 3.63) is 59.4 Å². The first kappa shape index (κ1) is 13.1. The van der Waals surface area contributed by atoms with Crippen LogP contribution < -0.4 is 5.32 Å². The van der Waals surface area contributed by atoms with Crippen LogP contribution in [-0.4, -0.2) is 7.05 Å². The fourth-order valence-electron chi connectivity index (χ4n) is 1.78. The Bertz CT molecular complexity index is 540. The number of rotatable bonds is 4. The number of hydrogen-bond donors (Lipinski definition) is 1. The molecule has 0 aliphatic heterocycles. The van der Waals surface area contributed by atoms with E-state index in [1.54, 1.807) is 6.07 Å². The first-order chi connectivity index (χ1) is 8.70. The number of hydrogen-bond acceptors (Lipinski definition) is 2. The normalized spacial score (nSPS) is 10.6. The highest BCUT2D eigenvalue weighted by molar-refractivity contribution is 7.99. The molecule has 0 amide bonds. The van der Waals surface area contributed by atoms with Gasteiger partial charge in [-0.25, -0.2) is 4.39 Å². The van der Waals surface area contributed by atoms with Crippen LogP contribution in [0.1, 0.15) is 11.1 Å². The molecule has 0 heterocycles. The number of nitrogens with one attached hydrogen (secondary N) is 1. The Morgan fingerprint density at radius 2 is 1.89 bits per heavy atom. The van der Waals surface area contributed by atoms with E-state index in [2.05, 4.69) is 30.4 Å². The average molecular weight is 261 g/mol. The van der Waals surface area contributed by atoms with E-state index in [4.69, 9.17) is 0 Å². The van der Waals surface area contributed by atoms with Crippen LogP contribution in [0.5, 0.6) is 0 Å². The van der Waals surface area contributed by atoms with Crippen molar-refractivity contribution in [1.82, 2.24) is 5.32 Å². The molecule has 2 rings (SSSR count). The van der Waals surface area contributed by atoms with E-state index in [-0.39, 0.29) is 5.82 Å². The molecule has 0 saturated carbocycles. The van der Waals surface area contributed by atoms with Gasteiger partial charge < -0.3 is 5.32 Å².